The fourth-order valence-electron chi connectivity index (χ4n) is 3.68. The highest BCUT2D eigenvalue weighted by atomic mass is 35.5. The summed E-state index contributed by atoms with van der Waals surface area (Å²) in [6.45, 7) is 0.772. The van der Waals surface area contributed by atoms with E-state index in [2.05, 4.69) is 5.32 Å². The molecule has 0 spiro atoms. The summed E-state index contributed by atoms with van der Waals surface area (Å²) in [5.74, 6) is 0.291. The molecule has 27 heavy (non-hydrogen) atoms. The molecule has 1 unspecified atom stereocenters. The highest BCUT2D eigenvalue weighted by Gasteiger charge is 2.31. The van der Waals surface area contributed by atoms with Crippen LogP contribution < -0.4 is 5.32 Å². The lowest BCUT2D eigenvalue weighted by Crippen LogP contribution is -2.36. The van der Waals surface area contributed by atoms with Crippen molar-refractivity contribution in [1.29, 1.82) is 0 Å². The predicted octanol–water partition coefficient (Wildman–Crippen LogP) is 4.54. The Morgan fingerprint density at radius 2 is 1.78 bits per heavy atom. The summed E-state index contributed by atoms with van der Waals surface area (Å²) in [6.07, 6.45) is 4.73. The molecule has 0 radical (unpaired) electrons. The molecule has 1 saturated carbocycles. The van der Waals surface area contributed by atoms with Crippen LogP contribution in [0, 0.1) is 5.92 Å². The third-order valence-electron chi connectivity index (χ3n) is 5.40. The summed E-state index contributed by atoms with van der Waals surface area (Å²) in [6, 6.07) is 15.2. The van der Waals surface area contributed by atoms with E-state index < -0.39 is 0 Å². The van der Waals surface area contributed by atoms with Crippen LogP contribution in [-0.2, 0) is 11.2 Å². The zero-order valence-corrected chi connectivity index (χ0v) is 15.9. The number of nitrogens with one attached hydrogen (secondary N) is 1. The molecule has 1 saturated heterocycles. The van der Waals surface area contributed by atoms with Crippen LogP contribution in [0.3, 0.4) is 0 Å². The number of carbonyl (C=O) groups is 2. The minimum Gasteiger partial charge on any atom is -0.335 e. The van der Waals surface area contributed by atoms with E-state index in [1.807, 2.05) is 41.3 Å². The first-order valence-corrected chi connectivity index (χ1v) is 9.95. The predicted molar refractivity (Wildman–Crippen MR) is 107 cm³/mol. The van der Waals surface area contributed by atoms with Gasteiger partial charge in [-0.15, -0.1) is 0 Å². The number of carbonyl (C=O) groups excluding carboxylic acids is 2. The van der Waals surface area contributed by atoms with Gasteiger partial charge in [0.25, 0.3) is 5.91 Å². The summed E-state index contributed by atoms with van der Waals surface area (Å²) in [5, 5.41) is 3.67. The maximum absolute atomic E-state index is 13.0. The molecule has 1 atom stereocenters. The van der Waals surface area contributed by atoms with Crippen molar-refractivity contribution in [2.75, 3.05) is 11.9 Å². The first-order chi connectivity index (χ1) is 13.1. The summed E-state index contributed by atoms with van der Waals surface area (Å²) in [5.41, 5.74) is 2.49. The molecule has 140 valence electrons. The van der Waals surface area contributed by atoms with Gasteiger partial charge in [-0.3, -0.25) is 9.59 Å². The lowest BCUT2D eigenvalue weighted by Gasteiger charge is -2.25. The van der Waals surface area contributed by atoms with E-state index >= 15 is 0 Å². The maximum atomic E-state index is 13.0. The molecular weight excluding hydrogens is 360 g/mol. The third kappa shape index (κ3) is 4.16. The Morgan fingerprint density at radius 1 is 1.04 bits per heavy atom. The Balaban J connectivity index is 1.43. The summed E-state index contributed by atoms with van der Waals surface area (Å²) < 4.78 is 0. The summed E-state index contributed by atoms with van der Waals surface area (Å²) in [7, 11) is 0. The number of benzene rings is 2. The number of nitrogens with zero attached hydrogens (tertiary/aromatic N) is 1. The van der Waals surface area contributed by atoms with Gasteiger partial charge in [-0.05, 0) is 68.0 Å². The van der Waals surface area contributed by atoms with Gasteiger partial charge in [-0.25, -0.2) is 0 Å². The lowest BCUT2D eigenvalue weighted by molar-refractivity contribution is -0.117. The van der Waals surface area contributed by atoms with Crippen LogP contribution in [0.1, 0.15) is 41.6 Å². The normalized spacial score (nSPS) is 19.1. The van der Waals surface area contributed by atoms with Gasteiger partial charge < -0.3 is 10.2 Å². The zero-order valence-electron chi connectivity index (χ0n) is 15.2. The smallest absolute Gasteiger partial charge is 0.254 e. The average Bonchev–Trinajstić information content (AvgIpc) is 3.43. The Bertz CT molecular complexity index is 846. The van der Waals surface area contributed by atoms with Crippen molar-refractivity contribution < 1.29 is 9.59 Å². The first-order valence-electron chi connectivity index (χ1n) is 9.57. The van der Waals surface area contributed by atoms with Crippen molar-refractivity contribution in [2.24, 2.45) is 5.92 Å². The van der Waals surface area contributed by atoms with Gasteiger partial charge >= 0.3 is 0 Å². The molecule has 1 aliphatic heterocycles. The van der Waals surface area contributed by atoms with Gasteiger partial charge in [0, 0.05) is 34.8 Å². The number of rotatable bonds is 5. The molecular formula is C22H23ClN2O2. The SMILES string of the molecule is O=C(Nc1ccc(C(=O)N2CCCC2Cc2ccccc2Cl)cc1)C1CC1. The van der Waals surface area contributed by atoms with E-state index in [4.69, 9.17) is 11.6 Å². The third-order valence-corrected chi connectivity index (χ3v) is 5.77. The Kier molecular flexibility index (Phi) is 5.17. The number of hydrogen-bond acceptors (Lipinski definition) is 2. The molecule has 2 fully saturated rings. The summed E-state index contributed by atoms with van der Waals surface area (Å²) >= 11 is 6.29. The quantitative estimate of drug-likeness (QED) is 0.825. The van der Waals surface area contributed by atoms with Gasteiger partial charge in [0.1, 0.15) is 0 Å². The zero-order chi connectivity index (χ0) is 18.8. The summed E-state index contributed by atoms with van der Waals surface area (Å²) in [4.78, 5) is 26.8. The molecule has 2 aliphatic rings. The topological polar surface area (TPSA) is 49.4 Å². The Labute approximate surface area is 164 Å². The van der Waals surface area contributed by atoms with E-state index in [0.29, 0.717) is 5.56 Å². The van der Waals surface area contributed by atoms with Crippen LogP contribution in [0.4, 0.5) is 5.69 Å². The van der Waals surface area contributed by atoms with Crippen molar-refractivity contribution >= 4 is 29.1 Å². The van der Waals surface area contributed by atoms with Crippen molar-refractivity contribution in [3.8, 4) is 0 Å². The average molecular weight is 383 g/mol. The molecule has 0 aromatic heterocycles. The Morgan fingerprint density at radius 3 is 2.48 bits per heavy atom. The maximum Gasteiger partial charge on any atom is 0.254 e. The van der Waals surface area contributed by atoms with E-state index in [9.17, 15) is 9.59 Å². The van der Waals surface area contributed by atoms with E-state index in [1.165, 1.54) is 0 Å². The second-order valence-corrected chi connectivity index (χ2v) is 7.84. The van der Waals surface area contributed by atoms with Crippen LogP contribution in [-0.4, -0.2) is 29.3 Å². The molecule has 2 aromatic carbocycles. The van der Waals surface area contributed by atoms with Crippen molar-refractivity contribution in [3.05, 3.63) is 64.7 Å². The second-order valence-electron chi connectivity index (χ2n) is 7.43. The largest absolute Gasteiger partial charge is 0.335 e. The van der Waals surface area contributed by atoms with Gasteiger partial charge in [0.15, 0.2) is 0 Å². The molecule has 2 aromatic rings. The van der Waals surface area contributed by atoms with Crippen LogP contribution in [0.2, 0.25) is 5.02 Å². The number of amides is 2. The number of likely N-dealkylation sites (tertiary alicyclic amines) is 1. The standard InChI is InChI=1S/C22H23ClN2O2/c23-20-6-2-1-4-17(20)14-19-5-3-13-25(19)22(27)16-9-11-18(12-10-16)24-21(26)15-7-8-15/h1-2,4,6,9-12,15,19H,3,5,7-8,13-14H2,(H,24,26). The fraction of sp³-hybridized carbons (Fsp3) is 0.364. The van der Waals surface area contributed by atoms with Crippen LogP contribution >= 0.6 is 11.6 Å². The molecule has 1 N–H and O–H groups in total. The van der Waals surface area contributed by atoms with Crippen molar-refractivity contribution in [1.82, 2.24) is 4.90 Å². The Hall–Kier alpha value is -2.33. The van der Waals surface area contributed by atoms with Gasteiger partial charge in [0.2, 0.25) is 5.91 Å². The van der Waals surface area contributed by atoms with Crippen LogP contribution in [0.15, 0.2) is 48.5 Å². The minimum absolute atomic E-state index is 0.0459. The second kappa shape index (κ2) is 7.73. The fourth-order valence-corrected chi connectivity index (χ4v) is 3.90. The molecule has 5 heteroatoms. The van der Waals surface area contributed by atoms with Crippen LogP contribution in [0.25, 0.3) is 0 Å². The van der Waals surface area contributed by atoms with Gasteiger partial charge in [-0.2, -0.15) is 0 Å². The molecule has 2 amide bonds. The molecule has 4 nitrogen and oxygen atoms in total. The number of anilines is 1. The number of halogens is 1. The molecule has 4 rings (SSSR count). The van der Waals surface area contributed by atoms with Gasteiger partial charge in [0.05, 0.1) is 0 Å². The van der Waals surface area contributed by atoms with E-state index in [0.717, 1.165) is 54.9 Å². The van der Waals surface area contributed by atoms with Crippen molar-refractivity contribution in [2.45, 2.75) is 38.1 Å². The van der Waals surface area contributed by atoms with Gasteiger partial charge in [-0.1, -0.05) is 29.8 Å². The monoisotopic (exact) mass is 382 g/mol. The van der Waals surface area contributed by atoms with E-state index in [-0.39, 0.29) is 23.8 Å². The first kappa shape index (κ1) is 18.1. The van der Waals surface area contributed by atoms with Crippen molar-refractivity contribution in [3.63, 3.8) is 0 Å². The molecule has 0 bridgehead atoms. The van der Waals surface area contributed by atoms with Crippen LogP contribution in [0.5, 0.6) is 0 Å². The number of hydrogen-bond donors (Lipinski definition) is 1. The minimum atomic E-state index is 0.0459. The highest BCUT2D eigenvalue weighted by Crippen LogP contribution is 2.30. The lowest BCUT2D eigenvalue weighted by atomic mass is 10.0. The molecule has 1 aliphatic carbocycles. The van der Waals surface area contributed by atoms with E-state index in [1.54, 1.807) is 12.1 Å². The molecule has 1 heterocycles. The highest BCUT2D eigenvalue weighted by molar-refractivity contribution is 6.31.